The van der Waals surface area contributed by atoms with Crippen molar-refractivity contribution in [2.75, 3.05) is 0 Å². The van der Waals surface area contributed by atoms with Crippen LogP contribution in [-0.2, 0) is 5.54 Å². The Balaban J connectivity index is 1.90. The largest absolute Gasteiger partial charge is 0.340 e. The van der Waals surface area contributed by atoms with Crippen LogP contribution in [-0.4, -0.2) is 15.5 Å². The predicted molar refractivity (Wildman–Crippen MR) is 88.7 cm³/mol. The Morgan fingerprint density at radius 2 is 2.21 bits per heavy atom. The van der Waals surface area contributed by atoms with Crippen LogP contribution in [0, 0.1) is 5.82 Å². The van der Waals surface area contributed by atoms with E-state index in [1.165, 1.54) is 6.07 Å². The van der Waals surface area contributed by atoms with E-state index in [0.29, 0.717) is 22.6 Å². The minimum Gasteiger partial charge on any atom is -0.340 e. The first-order valence-electron chi connectivity index (χ1n) is 7.77. The van der Waals surface area contributed by atoms with Crippen molar-refractivity contribution in [1.82, 2.24) is 14.9 Å². The van der Waals surface area contributed by atoms with E-state index < -0.39 is 5.54 Å². The first kappa shape index (κ1) is 14.0. The number of aromatic nitrogens is 2. The monoisotopic (exact) mass is 341 g/mol. The quantitative estimate of drug-likeness (QED) is 0.676. The molecule has 6 heteroatoms. The van der Waals surface area contributed by atoms with Crippen molar-refractivity contribution in [1.29, 1.82) is 0 Å². The minimum atomic E-state index is -0.640. The number of hydrogen-bond donors (Lipinski definition) is 1. The van der Waals surface area contributed by atoms with Crippen LogP contribution >= 0.6 is 11.6 Å². The van der Waals surface area contributed by atoms with Gasteiger partial charge in [0.1, 0.15) is 11.6 Å². The van der Waals surface area contributed by atoms with Crippen LogP contribution in [0.5, 0.6) is 0 Å². The van der Waals surface area contributed by atoms with Gasteiger partial charge in [0.2, 0.25) is 0 Å². The maximum Gasteiger partial charge on any atom is 0.252 e. The molecule has 3 heterocycles. The van der Waals surface area contributed by atoms with E-state index >= 15 is 0 Å². The smallest absolute Gasteiger partial charge is 0.252 e. The lowest BCUT2D eigenvalue weighted by molar-refractivity contribution is 0.0907. The van der Waals surface area contributed by atoms with E-state index in [0.717, 1.165) is 16.9 Å². The number of nitrogens with zero attached hydrogens (tertiary/aromatic N) is 2. The molecule has 2 aliphatic rings. The highest BCUT2D eigenvalue weighted by molar-refractivity contribution is 6.31. The summed E-state index contributed by atoms with van der Waals surface area (Å²) in [4.78, 5) is 17.3. The van der Waals surface area contributed by atoms with E-state index in [-0.39, 0.29) is 17.8 Å². The van der Waals surface area contributed by atoms with E-state index in [2.05, 4.69) is 5.32 Å². The summed E-state index contributed by atoms with van der Waals surface area (Å²) >= 11 is 6.16. The van der Waals surface area contributed by atoms with E-state index in [4.69, 9.17) is 16.6 Å². The number of nitrogens with one attached hydrogen (secondary N) is 1. The van der Waals surface area contributed by atoms with E-state index in [9.17, 15) is 9.18 Å². The highest BCUT2D eigenvalue weighted by Gasteiger charge is 2.49. The molecule has 0 saturated heterocycles. The Bertz CT molecular complexity index is 1040. The number of carbonyl (C=O) groups is 1. The lowest BCUT2D eigenvalue weighted by Crippen LogP contribution is -2.41. The summed E-state index contributed by atoms with van der Waals surface area (Å²) in [6.07, 6.45) is 0.567. The van der Waals surface area contributed by atoms with Gasteiger partial charge in [0.15, 0.2) is 0 Å². The Morgan fingerprint density at radius 1 is 1.38 bits per heavy atom. The van der Waals surface area contributed by atoms with Gasteiger partial charge >= 0.3 is 0 Å². The molecule has 3 aromatic rings. The number of fused-ring (bicyclic) bond motifs is 9. The number of hydrogen-bond acceptors (Lipinski definition) is 2. The summed E-state index contributed by atoms with van der Waals surface area (Å²) < 4.78 is 16.7. The van der Waals surface area contributed by atoms with Crippen LogP contribution in [0.4, 0.5) is 4.39 Å². The van der Waals surface area contributed by atoms with E-state index in [1.54, 1.807) is 18.2 Å². The molecule has 1 N–H and O–H groups in total. The van der Waals surface area contributed by atoms with Gasteiger partial charge in [-0.3, -0.25) is 4.79 Å². The standard InChI is InChI=1S/C18H13ClFN3O/c1-18-8-14(15-10(16(24)22-18)3-2-4-11(15)20)23-13-7-9(19)5-6-12(13)21-17(18)23/h2-7,14H,8H2,1H3,(H,22,24)/t14-,18-/m1/s1. The molecule has 0 spiro atoms. The van der Waals surface area contributed by atoms with Gasteiger partial charge in [0, 0.05) is 22.6 Å². The Hall–Kier alpha value is -2.40. The summed E-state index contributed by atoms with van der Waals surface area (Å²) in [6, 6.07) is 9.83. The lowest BCUT2D eigenvalue weighted by atomic mass is 9.94. The average molecular weight is 342 g/mol. The fraction of sp³-hybridized carbons (Fsp3) is 0.222. The average Bonchev–Trinajstić information content (AvgIpc) is 2.99. The van der Waals surface area contributed by atoms with Crippen molar-refractivity contribution in [3.63, 3.8) is 0 Å². The molecule has 120 valence electrons. The van der Waals surface area contributed by atoms with Gasteiger partial charge in [-0.05, 0) is 37.3 Å². The topological polar surface area (TPSA) is 46.9 Å². The second-order valence-electron chi connectivity index (χ2n) is 6.65. The van der Waals surface area contributed by atoms with Crippen LogP contribution in [0.2, 0.25) is 5.02 Å². The van der Waals surface area contributed by atoms with Crippen LogP contribution < -0.4 is 5.32 Å². The summed E-state index contributed by atoms with van der Waals surface area (Å²) in [5.41, 5.74) is 1.82. The number of benzene rings is 2. The zero-order valence-corrected chi connectivity index (χ0v) is 13.6. The van der Waals surface area contributed by atoms with Gasteiger partial charge in [-0.2, -0.15) is 0 Å². The lowest BCUT2D eigenvalue weighted by Gasteiger charge is -2.23. The number of imidazole rings is 1. The van der Waals surface area contributed by atoms with E-state index in [1.807, 2.05) is 23.6 Å². The zero-order chi connectivity index (χ0) is 16.6. The van der Waals surface area contributed by atoms with Crippen LogP contribution in [0.25, 0.3) is 11.0 Å². The molecule has 1 amide bonds. The van der Waals surface area contributed by atoms with Crippen molar-refractivity contribution in [2.45, 2.75) is 24.9 Å². The summed E-state index contributed by atoms with van der Waals surface area (Å²) in [6.45, 7) is 1.94. The fourth-order valence-electron chi connectivity index (χ4n) is 4.07. The molecule has 2 bridgehead atoms. The molecule has 0 unspecified atom stereocenters. The van der Waals surface area contributed by atoms with Crippen molar-refractivity contribution < 1.29 is 9.18 Å². The molecule has 5 rings (SSSR count). The van der Waals surface area contributed by atoms with Gasteiger partial charge < -0.3 is 9.88 Å². The summed E-state index contributed by atoms with van der Waals surface area (Å²) in [5, 5.41) is 3.64. The summed E-state index contributed by atoms with van der Waals surface area (Å²) in [5.74, 6) is 0.117. The van der Waals surface area contributed by atoms with Crippen molar-refractivity contribution in [3.05, 3.63) is 64.2 Å². The molecular weight excluding hydrogens is 329 g/mol. The van der Waals surface area contributed by atoms with Gasteiger partial charge in [0.05, 0.1) is 22.6 Å². The van der Waals surface area contributed by atoms with Crippen LogP contribution in [0.3, 0.4) is 0 Å². The summed E-state index contributed by atoms with van der Waals surface area (Å²) in [7, 11) is 0. The van der Waals surface area contributed by atoms with Gasteiger partial charge in [-0.1, -0.05) is 17.7 Å². The van der Waals surface area contributed by atoms with Crippen molar-refractivity contribution >= 4 is 28.5 Å². The molecule has 2 aromatic carbocycles. The van der Waals surface area contributed by atoms with Crippen molar-refractivity contribution in [2.24, 2.45) is 0 Å². The molecule has 2 aliphatic heterocycles. The normalized spacial score (nSPS) is 24.5. The molecule has 24 heavy (non-hydrogen) atoms. The third-order valence-electron chi connectivity index (χ3n) is 5.08. The minimum absolute atomic E-state index is 0.258. The second kappa shape index (κ2) is 4.36. The van der Waals surface area contributed by atoms with Gasteiger partial charge in [-0.15, -0.1) is 0 Å². The predicted octanol–water partition coefficient (Wildman–Crippen LogP) is 3.78. The Kier molecular flexibility index (Phi) is 2.54. The molecule has 0 fully saturated rings. The maximum atomic E-state index is 14.6. The first-order valence-corrected chi connectivity index (χ1v) is 8.15. The number of halogens is 2. The van der Waals surface area contributed by atoms with Crippen LogP contribution in [0.15, 0.2) is 36.4 Å². The number of rotatable bonds is 0. The molecule has 1 aromatic heterocycles. The fourth-order valence-corrected chi connectivity index (χ4v) is 4.24. The first-order chi connectivity index (χ1) is 11.5. The highest BCUT2D eigenvalue weighted by Crippen LogP contribution is 2.48. The second-order valence-corrected chi connectivity index (χ2v) is 7.08. The van der Waals surface area contributed by atoms with Gasteiger partial charge in [0.25, 0.3) is 5.91 Å². The Morgan fingerprint density at radius 3 is 3.04 bits per heavy atom. The molecule has 0 saturated carbocycles. The Labute approximate surface area is 142 Å². The molecule has 0 aliphatic carbocycles. The third kappa shape index (κ3) is 1.62. The molecular formula is C18H13ClFN3O. The molecule has 4 nitrogen and oxygen atoms in total. The molecule has 0 radical (unpaired) electrons. The number of carbonyl (C=O) groups excluding carboxylic acids is 1. The molecule has 2 atom stereocenters. The zero-order valence-electron chi connectivity index (χ0n) is 12.8. The third-order valence-corrected chi connectivity index (χ3v) is 5.31. The maximum absolute atomic E-state index is 14.6. The van der Waals surface area contributed by atoms with Crippen LogP contribution in [0.1, 0.15) is 41.1 Å². The van der Waals surface area contributed by atoms with Crippen molar-refractivity contribution in [3.8, 4) is 0 Å². The van der Waals surface area contributed by atoms with Gasteiger partial charge in [-0.25, -0.2) is 9.37 Å². The number of amides is 1. The highest BCUT2D eigenvalue weighted by atomic mass is 35.5. The SMILES string of the molecule is C[C@]12C[C@H](c3c(F)cccc3C(=O)N1)n1c2nc2ccc(Cl)cc21.